The van der Waals surface area contributed by atoms with Crippen molar-refractivity contribution in [2.24, 2.45) is 0 Å². The van der Waals surface area contributed by atoms with Gasteiger partial charge in [0.1, 0.15) is 0 Å². The molecule has 2 N–H and O–H groups in total. The molecule has 1 saturated heterocycles. The van der Waals surface area contributed by atoms with Gasteiger partial charge < -0.3 is 5.32 Å². The molecule has 1 aliphatic carbocycles. The number of aryl methyl sites for hydroxylation is 2. The number of hydrogen-bond donors (Lipinski definition) is 2. The topological polar surface area (TPSA) is 78.5 Å². The number of rotatable bonds is 9. The zero-order valence-corrected chi connectivity index (χ0v) is 20.1. The molecule has 7 heteroatoms. The van der Waals surface area contributed by atoms with Crippen molar-refractivity contribution in [2.45, 2.75) is 69.4 Å². The SMILES string of the molecule is O=C(CCNS(=O)(=O)c1ccc2c(c1)CCCC2)NCc1ccccc1CN1CCCCC1. The lowest BCUT2D eigenvalue weighted by atomic mass is 9.92. The van der Waals surface area contributed by atoms with Crippen molar-refractivity contribution in [2.75, 3.05) is 19.6 Å². The summed E-state index contributed by atoms with van der Waals surface area (Å²) in [6.45, 7) is 3.71. The minimum atomic E-state index is -3.62. The van der Waals surface area contributed by atoms with Gasteiger partial charge in [-0.05, 0) is 86.0 Å². The van der Waals surface area contributed by atoms with Gasteiger partial charge >= 0.3 is 0 Å². The molecule has 0 aromatic heterocycles. The lowest BCUT2D eigenvalue weighted by molar-refractivity contribution is -0.121. The number of likely N-dealkylation sites (tertiary alicyclic amines) is 1. The Labute approximate surface area is 197 Å². The maximum absolute atomic E-state index is 12.7. The average molecular weight is 470 g/mol. The minimum Gasteiger partial charge on any atom is -0.352 e. The van der Waals surface area contributed by atoms with Crippen molar-refractivity contribution < 1.29 is 13.2 Å². The summed E-state index contributed by atoms with van der Waals surface area (Å²) in [6.07, 6.45) is 8.13. The monoisotopic (exact) mass is 469 g/mol. The van der Waals surface area contributed by atoms with Gasteiger partial charge in [-0.2, -0.15) is 0 Å². The van der Waals surface area contributed by atoms with E-state index in [9.17, 15) is 13.2 Å². The molecule has 0 saturated carbocycles. The maximum atomic E-state index is 12.7. The van der Waals surface area contributed by atoms with Crippen LogP contribution in [0.2, 0.25) is 0 Å². The highest BCUT2D eigenvalue weighted by atomic mass is 32.2. The number of piperidine rings is 1. The average Bonchev–Trinajstić information content (AvgIpc) is 2.84. The first-order valence-electron chi connectivity index (χ1n) is 12.2. The van der Waals surface area contributed by atoms with Crippen LogP contribution in [0.15, 0.2) is 47.4 Å². The van der Waals surface area contributed by atoms with E-state index in [2.05, 4.69) is 27.1 Å². The molecule has 1 fully saturated rings. The summed E-state index contributed by atoms with van der Waals surface area (Å²) in [7, 11) is -3.62. The second-order valence-corrected chi connectivity index (χ2v) is 10.9. The van der Waals surface area contributed by atoms with Gasteiger partial charge in [-0.3, -0.25) is 9.69 Å². The molecular formula is C26H35N3O3S. The van der Waals surface area contributed by atoms with Gasteiger partial charge in [-0.25, -0.2) is 13.1 Å². The first-order valence-corrected chi connectivity index (χ1v) is 13.7. The molecule has 0 spiro atoms. The molecule has 0 bridgehead atoms. The fourth-order valence-corrected chi connectivity index (χ4v) is 5.87. The number of amides is 1. The number of fused-ring (bicyclic) bond motifs is 1. The minimum absolute atomic E-state index is 0.0840. The number of sulfonamides is 1. The molecule has 1 heterocycles. The van der Waals surface area contributed by atoms with Crippen LogP contribution < -0.4 is 10.0 Å². The summed E-state index contributed by atoms with van der Waals surface area (Å²) in [6, 6.07) is 13.6. The van der Waals surface area contributed by atoms with Crippen LogP contribution in [-0.2, 0) is 40.7 Å². The van der Waals surface area contributed by atoms with Crippen LogP contribution in [0.5, 0.6) is 0 Å². The van der Waals surface area contributed by atoms with E-state index in [4.69, 9.17) is 0 Å². The Balaban J connectivity index is 1.25. The number of carbonyl (C=O) groups excluding carboxylic acids is 1. The van der Waals surface area contributed by atoms with Crippen molar-refractivity contribution >= 4 is 15.9 Å². The van der Waals surface area contributed by atoms with E-state index in [0.29, 0.717) is 6.54 Å². The van der Waals surface area contributed by atoms with Gasteiger partial charge in [0.15, 0.2) is 0 Å². The first-order chi connectivity index (χ1) is 16.0. The van der Waals surface area contributed by atoms with Crippen molar-refractivity contribution in [1.82, 2.24) is 14.9 Å². The Morgan fingerprint density at radius 3 is 2.39 bits per heavy atom. The second kappa shape index (κ2) is 11.3. The summed E-state index contributed by atoms with van der Waals surface area (Å²) in [4.78, 5) is 15.1. The highest BCUT2D eigenvalue weighted by Crippen LogP contribution is 2.24. The molecule has 1 aliphatic heterocycles. The molecule has 2 aromatic carbocycles. The molecule has 1 amide bonds. The van der Waals surface area contributed by atoms with Crippen LogP contribution in [0.4, 0.5) is 0 Å². The standard InChI is InChI=1S/C26H35N3O3S/c30-26(27-19-23-10-4-5-11-24(23)20-29-16-6-1-7-17-29)14-15-28-33(31,32)25-13-12-21-8-2-3-9-22(21)18-25/h4-5,10-13,18,28H,1-3,6-9,14-17,19-20H2,(H,27,30). The lowest BCUT2D eigenvalue weighted by Gasteiger charge is -2.27. The number of nitrogens with one attached hydrogen (secondary N) is 2. The molecule has 2 aliphatic rings. The van der Waals surface area contributed by atoms with E-state index in [1.165, 1.54) is 30.4 Å². The lowest BCUT2D eigenvalue weighted by Crippen LogP contribution is -2.32. The number of nitrogens with zero attached hydrogens (tertiary/aromatic N) is 1. The fraction of sp³-hybridized carbons (Fsp3) is 0.500. The third-order valence-electron chi connectivity index (χ3n) is 6.71. The second-order valence-electron chi connectivity index (χ2n) is 9.17. The molecule has 0 atom stereocenters. The molecule has 4 rings (SSSR count). The maximum Gasteiger partial charge on any atom is 0.240 e. The van der Waals surface area contributed by atoms with E-state index in [1.807, 2.05) is 18.2 Å². The smallest absolute Gasteiger partial charge is 0.240 e. The van der Waals surface area contributed by atoms with E-state index < -0.39 is 10.0 Å². The Kier molecular flexibility index (Phi) is 8.17. The van der Waals surface area contributed by atoms with E-state index in [1.54, 1.807) is 12.1 Å². The molecule has 2 aromatic rings. The van der Waals surface area contributed by atoms with Crippen LogP contribution in [0, 0.1) is 0 Å². The van der Waals surface area contributed by atoms with Gasteiger partial charge in [-0.15, -0.1) is 0 Å². The Morgan fingerprint density at radius 2 is 1.61 bits per heavy atom. The summed E-state index contributed by atoms with van der Waals surface area (Å²) < 4.78 is 27.9. The molecule has 6 nitrogen and oxygen atoms in total. The highest BCUT2D eigenvalue weighted by Gasteiger charge is 2.18. The van der Waals surface area contributed by atoms with E-state index >= 15 is 0 Å². The predicted octanol–water partition coefficient (Wildman–Crippen LogP) is 3.54. The summed E-state index contributed by atoms with van der Waals surface area (Å²) in [5.41, 5.74) is 4.74. The Morgan fingerprint density at radius 1 is 0.879 bits per heavy atom. The summed E-state index contributed by atoms with van der Waals surface area (Å²) in [5.74, 6) is -0.157. The summed E-state index contributed by atoms with van der Waals surface area (Å²) >= 11 is 0. The number of hydrogen-bond acceptors (Lipinski definition) is 4. The summed E-state index contributed by atoms with van der Waals surface area (Å²) in [5, 5.41) is 2.95. The van der Waals surface area contributed by atoms with Crippen molar-refractivity contribution in [1.29, 1.82) is 0 Å². The van der Waals surface area contributed by atoms with E-state index in [0.717, 1.165) is 56.4 Å². The fourth-order valence-electron chi connectivity index (χ4n) is 4.78. The highest BCUT2D eigenvalue weighted by molar-refractivity contribution is 7.89. The Bertz CT molecular complexity index is 1060. The zero-order chi connectivity index (χ0) is 23.1. The molecule has 33 heavy (non-hydrogen) atoms. The van der Waals surface area contributed by atoms with Gasteiger partial charge in [0.2, 0.25) is 15.9 Å². The van der Waals surface area contributed by atoms with Crippen molar-refractivity contribution in [3.05, 3.63) is 64.7 Å². The molecule has 178 valence electrons. The molecule has 0 radical (unpaired) electrons. The van der Waals surface area contributed by atoms with Gasteiger partial charge in [0, 0.05) is 26.1 Å². The largest absolute Gasteiger partial charge is 0.352 e. The third-order valence-corrected chi connectivity index (χ3v) is 8.17. The van der Waals surface area contributed by atoms with Crippen molar-refractivity contribution in [3.8, 4) is 0 Å². The Hall–Kier alpha value is -2.22. The van der Waals surface area contributed by atoms with Crippen LogP contribution in [0.3, 0.4) is 0 Å². The number of benzene rings is 2. The first kappa shape index (κ1) is 23.9. The van der Waals surface area contributed by atoms with E-state index in [-0.39, 0.29) is 23.8 Å². The quantitative estimate of drug-likeness (QED) is 0.589. The number of carbonyl (C=O) groups is 1. The normalized spacial score (nSPS) is 16.8. The third kappa shape index (κ3) is 6.65. The van der Waals surface area contributed by atoms with Crippen LogP contribution in [0.1, 0.15) is 60.8 Å². The predicted molar refractivity (Wildman–Crippen MR) is 130 cm³/mol. The van der Waals surface area contributed by atoms with Gasteiger partial charge in [0.05, 0.1) is 4.90 Å². The molecule has 0 unspecified atom stereocenters. The van der Waals surface area contributed by atoms with Crippen LogP contribution >= 0.6 is 0 Å². The van der Waals surface area contributed by atoms with Gasteiger partial charge in [-0.1, -0.05) is 36.8 Å². The van der Waals surface area contributed by atoms with Crippen molar-refractivity contribution in [3.63, 3.8) is 0 Å². The molecular weight excluding hydrogens is 434 g/mol. The van der Waals surface area contributed by atoms with Gasteiger partial charge in [0.25, 0.3) is 0 Å². The van der Waals surface area contributed by atoms with Crippen LogP contribution in [0.25, 0.3) is 0 Å². The zero-order valence-electron chi connectivity index (χ0n) is 19.3. The van der Waals surface area contributed by atoms with Crippen LogP contribution in [-0.4, -0.2) is 38.9 Å².